The summed E-state index contributed by atoms with van der Waals surface area (Å²) in [6.45, 7) is 7.38. The van der Waals surface area contributed by atoms with E-state index in [2.05, 4.69) is 34.2 Å². The molecule has 0 aliphatic heterocycles. The molecule has 7 heteroatoms. The first-order chi connectivity index (χ1) is 11.0. The quantitative estimate of drug-likeness (QED) is 0.469. The first kappa shape index (κ1) is 19.4. The third-order valence-electron chi connectivity index (χ3n) is 3.31. The molecule has 0 bridgehead atoms. The second-order valence-corrected chi connectivity index (χ2v) is 7.27. The molecule has 0 fully saturated rings. The van der Waals surface area contributed by atoms with E-state index < -0.39 is 10.0 Å². The van der Waals surface area contributed by atoms with Gasteiger partial charge in [0, 0.05) is 19.1 Å². The maximum Gasteiger partial charge on any atom is 0.213 e. The van der Waals surface area contributed by atoms with Crippen LogP contribution in [0.25, 0.3) is 0 Å². The normalized spacial score (nSPS) is 13.6. The molecule has 130 valence electrons. The van der Waals surface area contributed by atoms with Gasteiger partial charge in [-0.2, -0.15) is 0 Å². The predicted octanol–water partition coefficient (Wildman–Crippen LogP) is 1.46. The largest absolute Gasteiger partial charge is 0.357 e. The molecule has 0 radical (unpaired) electrons. The highest BCUT2D eigenvalue weighted by Crippen LogP contribution is 1.99. The van der Waals surface area contributed by atoms with Gasteiger partial charge < -0.3 is 10.6 Å². The van der Waals surface area contributed by atoms with Crippen LogP contribution in [0.15, 0.2) is 35.3 Å². The van der Waals surface area contributed by atoms with E-state index >= 15 is 0 Å². The van der Waals surface area contributed by atoms with Crippen LogP contribution in [0.1, 0.15) is 32.8 Å². The Bertz CT molecular complexity index is 573. The zero-order chi connectivity index (χ0) is 17.1. The zero-order valence-corrected chi connectivity index (χ0v) is 15.0. The van der Waals surface area contributed by atoms with E-state index in [0.29, 0.717) is 18.5 Å². The second kappa shape index (κ2) is 10.2. The van der Waals surface area contributed by atoms with Crippen LogP contribution in [0, 0.1) is 0 Å². The number of nitrogens with zero attached hydrogens (tertiary/aromatic N) is 1. The molecule has 0 saturated heterocycles. The van der Waals surface area contributed by atoms with Gasteiger partial charge in [0.15, 0.2) is 5.96 Å². The van der Waals surface area contributed by atoms with Crippen molar-refractivity contribution in [3.63, 3.8) is 0 Å². The number of hydrogen-bond acceptors (Lipinski definition) is 3. The van der Waals surface area contributed by atoms with Crippen molar-refractivity contribution in [3.8, 4) is 0 Å². The zero-order valence-electron chi connectivity index (χ0n) is 14.2. The smallest absolute Gasteiger partial charge is 0.213 e. The molecular weight excluding hydrogens is 312 g/mol. The maximum atomic E-state index is 12.0. The Morgan fingerprint density at radius 3 is 2.52 bits per heavy atom. The number of nitrogens with one attached hydrogen (secondary N) is 3. The molecule has 1 rings (SSSR count). The van der Waals surface area contributed by atoms with Gasteiger partial charge in [-0.25, -0.2) is 13.1 Å². The molecule has 1 atom stereocenters. The van der Waals surface area contributed by atoms with E-state index in [1.807, 2.05) is 37.3 Å². The highest BCUT2D eigenvalue weighted by molar-refractivity contribution is 7.89. The topological polar surface area (TPSA) is 82.6 Å². The van der Waals surface area contributed by atoms with Crippen molar-refractivity contribution >= 4 is 16.0 Å². The molecule has 0 saturated carbocycles. The summed E-state index contributed by atoms with van der Waals surface area (Å²) in [4.78, 5) is 4.32. The first-order valence-electron chi connectivity index (χ1n) is 8.03. The molecule has 1 aromatic carbocycles. The molecule has 0 aliphatic rings. The summed E-state index contributed by atoms with van der Waals surface area (Å²) in [6, 6.07) is 9.74. The minimum absolute atomic E-state index is 0.0308. The third-order valence-corrected chi connectivity index (χ3v) is 4.61. The number of guanidine groups is 1. The third kappa shape index (κ3) is 8.56. The fraction of sp³-hybridized carbons (Fsp3) is 0.562. The lowest BCUT2D eigenvalue weighted by Gasteiger charge is -2.16. The number of rotatable bonds is 9. The van der Waals surface area contributed by atoms with Gasteiger partial charge in [0.1, 0.15) is 0 Å². The van der Waals surface area contributed by atoms with Crippen molar-refractivity contribution in [1.29, 1.82) is 0 Å². The van der Waals surface area contributed by atoms with Crippen LogP contribution >= 0.6 is 0 Å². The van der Waals surface area contributed by atoms with Gasteiger partial charge in [0.2, 0.25) is 10.0 Å². The lowest BCUT2D eigenvalue weighted by molar-refractivity contribution is 0.581. The summed E-state index contributed by atoms with van der Waals surface area (Å²) in [5, 5.41) is 6.35. The van der Waals surface area contributed by atoms with Gasteiger partial charge in [-0.1, -0.05) is 37.3 Å². The molecule has 0 aromatic heterocycles. The molecule has 0 heterocycles. The van der Waals surface area contributed by atoms with Crippen LogP contribution in [0.5, 0.6) is 0 Å². The number of hydrogen-bond donors (Lipinski definition) is 3. The van der Waals surface area contributed by atoms with Crippen LogP contribution in [0.2, 0.25) is 0 Å². The molecule has 0 amide bonds. The number of aliphatic imine (C=N–C) groups is 1. The highest BCUT2D eigenvalue weighted by Gasteiger charge is 2.10. The van der Waals surface area contributed by atoms with Crippen molar-refractivity contribution in [2.75, 3.05) is 18.8 Å². The van der Waals surface area contributed by atoms with Crippen LogP contribution < -0.4 is 15.4 Å². The van der Waals surface area contributed by atoms with E-state index in [9.17, 15) is 8.42 Å². The summed E-state index contributed by atoms with van der Waals surface area (Å²) >= 11 is 0. The fourth-order valence-corrected chi connectivity index (χ4v) is 2.66. The molecule has 0 spiro atoms. The monoisotopic (exact) mass is 340 g/mol. The number of sulfonamides is 1. The van der Waals surface area contributed by atoms with Crippen molar-refractivity contribution in [1.82, 2.24) is 15.4 Å². The average Bonchev–Trinajstić information content (AvgIpc) is 2.54. The van der Waals surface area contributed by atoms with E-state index in [1.54, 1.807) is 0 Å². The fourth-order valence-electron chi connectivity index (χ4n) is 1.79. The highest BCUT2D eigenvalue weighted by atomic mass is 32.2. The van der Waals surface area contributed by atoms with Crippen molar-refractivity contribution in [2.24, 2.45) is 4.99 Å². The average molecular weight is 340 g/mol. The molecule has 23 heavy (non-hydrogen) atoms. The van der Waals surface area contributed by atoms with Gasteiger partial charge in [-0.05, 0) is 25.8 Å². The predicted molar refractivity (Wildman–Crippen MR) is 95.9 cm³/mol. The Morgan fingerprint density at radius 2 is 1.91 bits per heavy atom. The minimum atomic E-state index is -3.34. The lowest BCUT2D eigenvalue weighted by atomic mass is 10.2. The van der Waals surface area contributed by atoms with Gasteiger partial charge >= 0.3 is 0 Å². The summed E-state index contributed by atoms with van der Waals surface area (Å²) in [5.41, 5.74) is 0.936. The van der Waals surface area contributed by atoms with Gasteiger partial charge in [0.05, 0.1) is 12.3 Å². The summed E-state index contributed by atoms with van der Waals surface area (Å²) in [7, 11) is -3.34. The van der Waals surface area contributed by atoms with Crippen molar-refractivity contribution < 1.29 is 8.42 Å². The summed E-state index contributed by atoms with van der Waals surface area (Å²) in [5.74, 6) is 0.622. The Morgan fingerprint density at radius 1 is 1.22 bits per heavy atom. The van der Waals surface area contributed by atoms with E-state index in [0.717, 1.165) is 18.5 Å². The molecule has 1 unspecified atom stereocenters. The molecule has 6 nitrogen and oxygen atoms in total. The van der Waals surface area contributed by atoms with Crippen LogP contribution in [-0.2, 0) is 16.6 Å². The van der Waals surface area contributed by atoms with Crippen molar-refractivity contribution in [2.45, 2.75) is 39.8 Å². The molecule has 1 aromatic rings. The Balaban J connectivity index is 2.48. The first-order valence-corrected chi connectivity index (χ1v) is 9.68. The summed E-state index contributed by atoms with van der Waals surface area (Å²) in [6.07, 6.45) is 0.974. The van der Waals surface area contributed by atoms with Gasteiger partial charge in [-0.3, -0.25) is 4.99 Å². The molecule has 0 aliphatic carbocycles. The summed E-state index contributed by atoms with van der Waals surface area (Å²) < 4.78 is 26.6. The lowest BCUT2D eigenvalue weighted by Crippen LogP contribution is -2.42. The second-order valence-electron chi connectivity index (χ2n) is 5.34. The number of benzene rings is 1. The van der Waals surface area contributed by atoms with Crippen LogP contribution in [0.3, 0.4) is 0 Å². The van der Waals surface area contributed by atoms with E-state index in [4.69, 9.17) is 0 Å². The van der Waals surface area contributed by atoms with E-state index in [1.165, 1.54) is 0 Å². The van der Waals surface area contributed by atoms with Gasteiger partial charge in [0.25, 0.3) is 0 Å². The minimum Gasteiger partial charge on any atom is -0.357 e. The van der Waals surface area contributed by atoms with Crippen LogP contribution in [-0.4, -0.2) is 39.3 Å². The van der Waals surface area contributed by atoms with Crippen LogP contribution in [0.4, 0.5) is 0 Å². The molecular formula is C16H28N4O2S. The van der Waals surface area contributed by atoms with Gasteiger partial charge in [-0.15, -0.1) is 0 Å². The standard InChI is InChI=1S/C16H28N4O2S/c1-4-14(3)20-16(17-5-2)18-11-12-23(21,22)19-13-15-9-7-6-8-10-15/h6-10,14,19H,4-5,11-13H2,1-3H3,(H2,17,18,20). The molecule has 3 N–H and O–H groups in total. The Kier molecular flexibility index (Phi) is 8.65. The SMILES string of the molecule is CCNC(=NCCS(=O)(=O)NCc1ccccc1)NC(C)CC. The Labute approximate surface area is 139 Å². The van der Waals surface area contributed by atoms with Crippen molar-refractivity contribution in [3.05, 3.63) is 35.9 Å². The van der Waals surface area contributed by atoms with E-state index in [-0.39, 0.29) is 12.3 Å². The maximum absolute atomic E-state index is 12.0. The Hall–Kier alpha value is -1.60.